The van der Waals surface area contributed by atoms with E-state index in [4.69, 9.17) is 0 Å². The van der Waals surface area contributed by atoms with Gasteiger partial charge in [0.25, 0.3) is 0 Å². The lowest BCUT2D eigenvalue weighted by molar-refractivity contribution is 0.549. The first-order valence-electron chi connectivity index (χ1n) is 7.78. The van der Waals surface area contributed by atoms with Crippen LogP contribution in [-0.4, -0.2) is 40.3 Å². The third-order valence-corrected chi connectivity index (χ3v) is 5.57. The summed E-state index contributed by atoms with van der Waals surface area (Å²) >= 11 is 3.30. The van der Waals surface area contributed by atoms with E-state index >= 15 is 0 Å². The summed E-state index contributed by atoms with van der Waals surface area (Å²) in [4.78, 5) is 4.44. The van der Waals surface area contributed by atoms with Gasteiger partial charge in [0.2, 0.25) is 0 Å². The fraction of sp³-hybridized carbons (Fsp3) is 0.562. The molecule has 0 bridgehead atoms. The molecule has 0 radical (unpaired) electrons. The molecule has 1 aromatic rings. The van der Waals surface area contributed by atoms with Gasteiger partial charge in [-0.3, -0.25) is 4.99 Å². The van der Waals surface area contributed by atoms with Crippen LogP contribution in [0.25, 0.3) is 0 Å². The van der Waals surface area contributed by atoms with Crippen molar-refractivity contribution in [2.75, 3.05) is 25.9 Å². The molecule has 130 valence electrons. The minimum atomic E-state index is -3.28. The number of aliphatic imine (C=N–C) groups is 1. The zero-order valence-electron chi connectivity index (χ0n) is 14.0. The molecule has 0 saturated carbocycles. The summed E-state index contributed by atoms with van der Waals surface area (Å²) in [6, 6.07) is 6.68. The first kappa shape index (κ1) is 20.0. The number of sulfone groups is 1. The maximum Gasteiger partial charge on any atom is 0.191 e. The highest BCUT2D eigenvalue weighted by atomic mass is 79.9. The predicted molar refractivity (Wildman–Crippen MR) is 99.6 cm³/mol. The second-order valence-electron chi connectivity index (χ2n) is 5.73. The molecular formula is C16H26BrN3O2S. The van der Waals surface area contributed by atoms with Crippen LogP contribution in [0.15, 0.2) is 38.6 Å². The zero-order chi connectivity index (χ0) is 17.3. The van der Waals surface area contributed by atoms with Gasteiger partial charge < -0.3 is 10.6 Å². The van der Waals surface area contributed by atoms with Gasteiger partial charge in [-0.2, -0.15) is 0 Å². The quantitative estimate of drug-likeness (QED) is 0.397. The number of halogens is 1. The molecule has 0 atom stereocenters. The van der Waals surface area contributed by atoms with E-state index in [9.17, 15) is 8.42 Å². The summed E-state index contributed by atoms with van der Waals surface area (Å²) in [6.07, 6.45) is 2.22. The van der Waals surface area contributed by atoms with E-state index in [1.54, 1.807) is 31.3 Å². The molecule has 0 saturated heterocycles. The van der Waals surface area contributed by atoms with E-state index in [1.165, 1.54) is 0 Å². The number of benzene rings is 1. The summed E-state index contributed by atoms with van der Waals surface area (Å²) in [5.41, 5.74) is 0. The van der Waals surface area contributed by atoms with Crippen LogP contribution in [0.2, 0.25) is 0 Å². The molecule has 0 aliphatic rings. The Hall–Kier alpha value is -1.08. The third-order valence-electron chi connectivity index (χ3n) is 3.31. The summed E-state index contributed by atoms with van der Waals surface area (Å²) in [5, 5.41) is 6.24. The first-order valence-corrected chi connectivity index (χ1v) is 10.2. The van der Waals surface area contributed by atoms with Crippen LogP contribution in [-0.2, 0) is 9.84 Å². The minimum absolute atomic E-state index is 0.0291. The van der Waals surface area contributed by atoms with E-state index in [-0.39, 0.29) is 5.75 Å². The molecule has 1 rings (SSSR count). The van der Waals surface area contributed by atoms with E-state index in [0.717, 1.165) is 23.9 Å². The van der Waals surface area contributed by atoms with E-state index in [0.29, 0.717) is 23.3 Å². The van der Waals surface area contributed by atoms with Gasteiger partial charge in [0.15, 0.2) is 15.8 Å². The lowest BCUT2D eigenvalue weighted by atomic mass is 10.1. The lowest BCUT2D eigenvalue weighted by Gasteiger charge is -2.12. The Labute approximate surface area is 148 Å². The maximum absolute atomic E-state index is 12.2. The smallest absolute Gasteiger partial charge is 0.191 e. The molecular weight excluding hydrogens is 378 g/mol. The van der Waals surface area contributed by atoms with Crippen LogP contribution in [0.3, 0.4) is 0 Å². The summed E-state index contributed by atoms with van der Waals surface area (Å²) < 4.78 is 25.3. The van der Waals surface area contributed by atoms with Crippen molar-refractivity contribution in [1.82, 2.24) is 10.6 Å². The Kier molecular flexibility index (Phi) is 8.62. The van der Waals surface area contributed by atoms with Crippen LogP contribution in [0.1, 0.15) is 26.7 Å². The van der Waals surface area contributed by atoms with Crippen LogP contribution in [0.4, 0.5) is 0 Å². The molecule has 0 unspecified atom stereocenters. The molecule has 5 nitrogen and oxygen atoms in total. The molecule has 23 heavy (non-hydrogen) atoms. The Bertz CT molecular complexity index is 598. The van der Waals surface area contributed by atoms with Gasteiger partial charge >= 0.3 is 0 Å². The molecule has 0 heterocycles. The minimum Gasteiger partial charge on any atom is -0.356 e. The molecule has 0 aliphatic heterocycles. The monoisotopic (exact) mass is 403 g/mol. The van der Waals surface area contributed by atoms with Gasteiger partial charge in [0.1, 0.15) is 0 Å². The topological polar surface area (TPSA) is 70.6 Å². The number of guanidine groups is 1. The second-order valence-corrected chi connectivity index (χ2v) is 8.76. The Morgan fingerprint density at radius 2 is 1.78 bits per heavy atom. The van der Waals surface area contributed by atoms with Crippen molar-refractivity contribution in [1.29, 1.82) is 0 Å². The Morgan fingerprint density at radius 1 is 1.17 bits per heavy atom. The number of nitrogens with one attached hydrogen (secondary N) is 2. The molecule has 2 N–H and O–H groups in total. The van der Waals surface area contributed by atoms with Crippen LogP contribution in [0, 0.1) is 5.92 Å². The summed E-state index contributed by atoms with van der Waals surface area (Å²) in [6.45, 7) is 5.54. The van der Waals surface area contributed by atoms with Crippen LogP contribution in [0.5, 0.6) is 0 Å². The molecule has 0 spiro atoms. The van der Waals surface area contributed by atoms with Crippen molar-refractivity contribution in [3.63, 3.8) is 0 Å². The first-order chi connectivity index (χ1) is 10.8. The van der Waals surface area contributed by atoms with E-state index < -0.39 is 9.84 Å². The fourth-order valence-electron chi connectivity index (χ4n) is 2.00. The molecule has 0 fully saturated rings. The van der Waals surface area contributed by atoms with Gasteiger partial charge in [0, 0.05) is 24.6 Å². The van der Waals surface area contributed by atoms with Crippen molar-refractivity contribution in [2.24, 2.45) is 10.9 Å². The number of hydrogen-bond donors (Lipinski definition) is 2. The normalized spacial score (nSPS) is 12.5. The highest BCUT2D eigenvalue weighted by molar-refractivity contribution is 9.10. The molecule has 7 heteroatoms. The van der Waals surface area contributed by atoms with Crippen molar-refractivity contribution in [3.05, 3.63) is 28.7 Å². The fourth-order valence-corrected chi connectivity index (χ4v) is 3.42. The molecule has 1 aromatic carbocycles. The van der Waals surface area contributed by atoms with Crippen molar-refractivity contribution in [3.8, 4) is 0 Å². The average molecular weight is 404 g/mol. The maximum atomic E-state index is 12.2. The number of rotatable bonds is 8. The predicted octanol–water partition coefficient (Wildman–Crippen LogP) is 2.82. The molecule has 0 aliphatic carbocycles. The third kappa shape index (κ3) is 7.83. The summed E-state index contributed by atoms with van der Waals surface area (Å²) in [7, 11) is -1.60. The highest BCUT2D eigenvalue weighted by Crippen LogP contribution is 2.15. The standard InChI is InChI=1S/C16H26BrN3O2S/c1-13(2)5-4-10-19-16(18-3)20-11-12-23(21,22)15-8-6-14(17)7-9-15/h6-9,13H,4-5,10-12H2,1-3H3,(H2,18,19,20). The highest BCUT2D eigenvalue weighted by Gasteiger charge is 2.14. The van der Waals surface area contributed by atoms with Gasteiger partial charge in [-0.05, 0) is 43.0 Å². The van der Waals surface area contributed by atoms with E-state index in [2.05, 4.69) is 45.4 Å². The number of hydrogen-bond acceptors (Lipinski definition) is 3. The van der Waals surface area contributed by atoms with Gasteiger partial charge in [0.05, 0.1) is 10.6 Å². The lowest BCUT2D eigenvalue weighted by Crippen LogP contribution is -2.40. The Morgan fingerprint density at radius 3 is 2.35 bits per heavy atom. The average Bonchev–Trinajstić information content (AvgIpc) is 2.49. The van der Waals surface area contributed by atoms with Gasteiger partial charge in [-0.25, -0.2) is 8.42 Å². The Balaban J connectivity index is 2.40. The van der Waals surface area contributed by atoms with Crippen molar-refractivity contribution < 1.29 is 8.42 Å². The second kappa shape index (κ2) is 9.93. The summed E-state index contributed by atoms with van der Waals surface area (Å²) in [5.74, 6) is 1.35. The SMILES string of the molecule is CN=C(NCCCC(C)C)NCCS(=O)(=O)c1ccc(Br)cc1. The largest absolute Gasteiger partial charge is 0.356 e. The van der Waals surface area contributed by atoms with E-state index in [1.807, 2.05) is 0 Å². The van der Waals surface area contributed by atoms with Crippen LogP contribution >= 0.6 is 15.9 Å². The van der Waals surface area contributed by atoms with Gasteiger partial charge in [-0.15, -0.1) is 0 Å². The number of nitrogens with zero attached hydrogens (tertiary/aromatic N) is 1. The van der Waals surface area contributed by atoms with Crippen molar-refractivity contribution in [2.45, 2.75) is 31.6 Å². The molecule has 0 amide bonds. The molecule has 0 aromatic heterocycles. The zero-order valence-corrected chi connectivity index (χ0v) is 16.4. The van der Waals surface area contributed by atoms with Crippen LogP contribution < -0.4 is 10.6 Å². The van der Waals surface area contributed by atoms with Crippen molar-refractivity contribution >= 4 is 31.7 Å². The van der Waals surface area contributed by atoms with Gasteiger partial charge in [-0.1, -0.05) is 29.8 Å².